The van der Waals surface area contributed by atoms with E-state index >= 15 is 0 Å². The Balaban J connectivity index is 2.38. The maximum atomic E-state index is 13.9. The van der Waals surface area contributed by atoms with Gasteiger partial charge in [-0.2, -0.15) is 4.31 Å². The van der Waals surface area contributed by atoms with Gasteiger partial charge < -0.3 is 10.5 Å². The molecule has 8 heteroatoms. The molecular formula is C12H16F2N2O3S. The number of hydrogen-bond donors (Lipinski definition) is 1. The number of benzene rings is 1. The molecule has 1 aromatic rings. The summed E-state index contributed by atoms with van der Waals surface area (Å²) in [6.07, 6.45) is 0.430. The van der Waals surface area contributed by atoms with E-state index in [1.54, 1.807) is 0 Å². The van der Waals surface area contributed by atoms with Crippen LogP contribution in [-0.4, -0.2) is 38.5 Å². The van der Waals surface area contributed by atoms with Gasteiger partial charge in [-0.15, -0.1) is 0 Å². The molecule has 0 bridgehead atoms. The van der Waals surface area contributed by atoms with Crippen molar-refractivity contribution in [2.45, 2.75) is 24.3 Å². The number of morpholine rings is 1. The fraction of sp³-hybridized carbons (Fsp3) is 0.500. The molecule has 112 valence electrons. The second kappa shape index (κ2) is 5.63. The Morgan fingerprint density at radius 1 is 1.45 bits per heavy atom. The van der Waals surface area contributed by atoms with E-state index in [2.05, 4.69) is 0 Å². The number of ether oxygens (including phenoxy) is 1. The number of sulfonamides is 1. The van der Waals surface area contributed by atoms with Crippen molar-refractivity contribution in [1.29, 1.82) is 0 Å². The van der Waals surface area contributed by atoms with Gasteiger partial charge in [0.15, 0.2) is 5.82 Å². The summed E-state index contributed by atoms with van der Waals surface area (Å²) in [5, 5.41) is 0. The van der Waals surface area contributed by atoms with Crippen LogP contribution in [0.5, 0.6) is 0 Å². The second-order valence-corrected chi connectivity index (χ2v) is 6.44. The Morgan fingerprint density at radius 2 is 2.15 bits per heavy atom. The maximum Gasteiger partial charge on any atom is 0.246 e. The molecule has 1 aliphatic rings. The third-order valence-corrected chi connectivity index (χ3v) is 5.15. The third kappa shape index (κ3) is 2.63. The van der Waals surface area contributed by atoms with E-state index in [4.69, 9.17) is 10.5 Å². The Morgan fingerprint density at radius 3 is 2.80 bits per heavy atom. The van der Waals surface area contributed by atoms with Crippen molar-refractivity contribution in [2.75, 3.05) is 25.4 Å². The molecule has 2 rings (SSSR count). The van der Waals surface area contributed by atoms with Crippen LogP contribution < -0.4 is 5.73 Å². The second-order valence-electron chi connectivity index (χ2n) is 4.54. The monoisotopic (exact) mass is 306 g/mol. The topological polar surface area (TPSA) is 72.6 Å². The highest BCUT2D eigenvalue weighted by molar-refractivity contribution is 7.89. The van der Waals surface area contributed by atoms with Gasteiger partial charge in [0, 0.05) is 13.1 Å². The largest absolute Gasteiger partial charge is 0.394 e. The summed E-state index contributed by atoms with van der Waals surface area (Å²) in [6.45, 7) is 2.40. The minimum Gasteiger partial charge on any atom is -0.394 e. The van der Waals surface area contributed by atoms with E-state index in [1.165, 1.54) is 0 Å². The van der Waals surface area contributed by atoms with Gasteiger partial charge in [0.1, 0.15) is 16.4 Å². The summed E-state index contributed by atoms with van der Waals surface area (Å²) in [6, 6.07) is 1.75. The average molecular weight is 306 g/mol. The smallest absolute Gasteiger partial charge is 0.246 e. The first-order valence-electron chi connectivity index (χ1n) is 6.23. The molecule has 0 radical (unpaired) electrons. The van der Waals surface area contributed by atoms with Crippen LogP contribution in [0, 0.1) is 11.6 Å². The van der Waals surface area contributed by atoms with Gasteiger partial charge in [-0.1, -0.05) is 6.92 Å². The van der Waals surface area contributed by atoms with Crippen LogP contribution in [0.4, 0.5) is 14.5 Å². The molecule has 1 aromatic carbocycles. The maximum absolute atomic E-state index is 13.9. The zero-order valence-corrected chi connectivity index (χ0v) is 11.8. The lowest BCUT2D eigenvalue weighted by atomic mass is 10.2. The van der Waals surface area contributed by atoms with E-state index in [-0.39, 0.29) is 25.8 Å². The Labute approximate surface area is 116 Å². The molecule has 1 atom stereocenters. The van der Waals surface area contributed by atoms with Crippen molar-refractivity contribution in [3.05, 3.63) is 23.8 Å². The van der Waals surface area contributed by atoms with Gasteiger partial charge in [0.2, 0.25) is 10.0 Å². The van der Waals surface area contributed by atoms with Gasteiger partial charge in [-0.05, 0) is 18.6 Å². The standard InChI is InChI=1S/C12H16F2N2O3S/c1-2-8-7-16(5-6-19-8)20(17,18)10-4-3-9(13)12(15)11(10)14/h3-4,8H,2,5-7,15H2,1H3. The number of nitrogens with zero attached hydrogens (tertiary/aromatic N) is 1. The molecule has 0 spiro atoms. The minimum atomic E-state index is -4.04. The molecule has 0 aliphatic carbocycles. The third-order valence-electron chi connectivity index (χ3n) is 3.27. The normalized spacial score (nSPS) is 21.1. The fourth-order valence-corrected chi connectivity index (χ4v) is 3.58. The molecule has 2 N–H and O–H groups in total. The van der Waals surface area contributed by atoms with Crippen molar-refractivity contribution in [2.24, 2.45) is 0 Å². The quantitative estimate of drug-likeness (QED) is 0.856. The van der Waals surface area contributed by atoms with Gasteiger partial charge in [0.05, 0.1) is 12.7 Å². The lowest BCUT2D eigenvalue weighted by Gasteiger charge is -2.31. The van der Waals surface area contributed by atoms with Gasteiger partial charge in [0.25, 0.3) is 0 Å². The molecule has 5 nitrogen and oxygen atoms in total. The van der Waals surface area contributed by atoms with Crippen LogP contribution >= 0.6 is 0 Å². The number of anilines is 1. The van der Waals surface area contributed by atoms with Gasteiger partial charge in [-0.3, -0.25) is 0 Å². The number of halogens is 2. The minimum absolute atomic E-state index is 0.134. The predicted molar refractivity (Wildman–Crippen MR) is 69.6 cm³/mol. The van der Waals surface area contributed by atoms with Gasteiger partial charge >= 0.3 is 0 Å². The van der Waals surface area contributed by atoms with E-state index in [1.807, 2.05) is 6.92 Å². The molecule has 20 heavy (non-hydrogen) atoms. The van der Waals surface area contributed by atoms with Gasteiger partial charge in [-0.25, -0.2) is 17.2 Å². The van der Waals surface area contributed by atoms with Crippen LogP contribution in [0.1, 0.15) is 13.3 Å². The van der Waals surface area contributed by atoms with Crippen LogP contribution in [0.25, 0.3) is 0 Å². The van der Waals surface area contributed by atoms with Crippen LogP contribution in [0.2, 0.25) is 0 Å². The molecule has 0 amide bonds. The summed E-state index contributed by atoms with van der Waals surface area (Å²) in [4.78, 5) is -0.604. The van der Waals surface area contributed by atoms with E-state index < -0.39 is 32.2 Å². The zero-order chi connectivity index (χ0) is 14.9. The lowest BCUT2D eigenvalue weighted by Crippen LogP contribution is -2.45. The molecular weight excluding hydrogens is 290 g/mol. The highest BCUT2D eigenvalue weighted by atomic mass is 32.2. The van der Waals surface area contributed by atoms with Crippen LogP contribution in [0.15, 0.2) is 17.0 Å². The SMILES string of the molecule is CCC1CN(S(=O)(=O)c2ccc(F)c(N)c2F)CCO1. The summed E-state index contributed by atoms with van der Waals surface area (Å²) in [5.74, 6) is -2.22. The van der Waals surface area contributed by atoms with Crippen molar-refractivity contribution in [3.63, 3.8) is 0 Å². The molecule has 1 saturated heterocycles. The number of nitrogens with two attached hydrogens (primary N) is 1. The molecule has 1 fully saturated rings. The first-order valence-corrected chi connectivity index (χ1v) is 7.67. The summed E-state index contributed by atoms with van der Waals surface area (Å²) >= 11 is 0. The number of rotatable bonds is 3. The highest BCUT2D eigenvalue weighted by Gasteiger charge is 2.33. The fourth-order valence-electron chi connectivity index (χ4n) is 2.05. The molecule has 0 saturated carbocycles. The van der Waals surface area contributed by atoms with Crippen LogP contribution in [0.3, 0.4) is 0 Å². The summed E-state index contributed by atoms with van der Waals surface area (Å²) in [7, 11) is -4.04. The summed E-state index contributed by atoms with van der Waals surface area (Å²) in [5.41, 5.74) is 4.42. The average Bonchev–Trinajstić information content (AvgIpc) is 2.44. The molecule has 0 aromatic heterocycles. The van der Waals surface area contributed by atoms with Crippen LogP contribution in [-0.2, 0) is 14.8 Å². The van der Waals surface area contributed by atoms with Crippen molar-refractivity contribution in [3.8, 4) is 0 Å². The van der Waals surface area contributed by atoms with E-state index in [0.717, 1.165) is 16.4 Å². The van der Waals surface area contributed by atoms with Crippen molar-refractivity contribution >= 4 is 15.7 Å². The predicted octanol–water partition coefficient (Wildman–Crippen LogP) is 1.35. The molecule has 1 unspecified atom stereocenters. The zero-order valence-electron chi connectivity index (χ0n) is 11.0. The Bertz CT molecular complexity index is 607. The van der Waals surface area contributed by atoms with Crippen molar-refractivity contribution < 1.29 is 21.9 Å². The number of nitrogen functional groups attached to an aromatic ring is 1. The Hall–Kier alpha value is -1.25. The Kier molecular flexibility index (Phi) is 4.26. The van der Waals surface area contributed by atoms with E-state index in [9.17, 15) is 17.2 Å². The first kappa shape index (κ1) is 15.1. The summed E-state index contributed by atoms with van der Waals surface area (Å²) < 4.78 is 58.3. The lowest BCUT2D eigenvalue weighted by molar-refractivity contribution is -0.00283. The van der Waals surface area contributed by atoms with Crippen molar-refractivity contribution in [1.82, 2.24) is 4.31 Å². The number of hydrogen-bond acceptors (Lipinski definition) is 4. The molecule has 1 aliphatic heterocycles. The highest BCUT2D eigenvalue weighted by Crippen LogP contribution is 2.26. The first-order chi connectivity index (χ1) is 9.37. The van der Waals surface area contributed by atoms with E-state index in [0.29, 0.717) is 6.42 Å². The molecule has 1 heterocycles.